The normalized spacial score (nSPS) is 20.4. The van der Waals surface area contributed by atoms with E-state index in [2.05, 4.69) is 17.2 Å². The smallest absolute Gasteiger partial charge is 0.243 e. The molecule has 120 valence electrons. The Morgan fingerprint density at radius 2 is 1.62 bits per heavy atom. The van der Waals surface area contributed by atoms with Crippen molar-refractivity contribution in [3.63, 3.8) is 0 Å². The van der Waals surface area contributed by atoms with Crippen LogP contribution in [-0.4, -0.2) is 47.8 Å². The van der Waals surface area contributed by atoms with Crippen LogP contribution in [0.3, 0.4) is 0 Å². The van der Waals surface area contributed by atoms with E-state index in [1.807, 2.05) is 13.8 Å². The first-order valence-corrected chi connectivity index (χ1v) is 7.34. The van der Waals surface area contributed by atoms with Crippen molar-refractivity contribution in [2.45, 2.75) is 46.7 Å². The largest absolute Gasteiger partial charge is 0.349 e. The highest BCUT2D eigenvalue weighted by Crippen LogP contribution is 2.11. The van der Waals surface area contributed by atoms with Crippen LogP contribution in [0.4, 0.5) is 0 Å². The van der Waals surface area contributed by atoms with Crippen molar-refractivity contribution in [2.24, 2.45) is 5.92 Å². The van der Waals surface area contributed by atoms with E-state index in [1.165, 1.54) is 13.0 Å². The highest BCUT2D eigenvalue weighted by atomic mass is 16.2. The molecule has 2 atom stereocenters. The van der Waals surface area contributed by atoms with Gasteiger partial charge in [-0.2, -0.15) is 0 Å². The summed E-state index contributed by atoms with van der Waals surface area (Å²) in [4.78, 5) is 36.1. The van der Waals surface area contributed by atoms with Crippen molar-refractivity contribution in [2.75, 3.05) is 13.1 Å². The third-order valence-electron chi connectivity index (χ3n) is 3.13. The fourth-order valence-electron chi connectivity index (χ4n) is 1.94. The summed E-state index contributed by atoms with van der Waals surface area (Å²) in [7, 11) is 0. The molecule has 2 unspecified atom stereocenters. The molecule has 0 saturated carbocycles. The van der Waals surface area contributed by atoms with Crippen LogP contribution >= 0.6 is 0 Å². The van der Waals surface area contributed by atoms with Crippen LogP contribution < -0.4 is 10.6 Å². The Morgan fingerprint density at radius 1 is 1.14 bits per heavy atom. The number of carbonyl (C=O) groups excluding carboxylic acids is 3. The highest BCUT2D eigenvalue weighted by Gasteiger charge is 2.35. The van der Waals surface area contributed by atoms with E-state index in [0.29, 0.717) is 13.1 Å². The van der Waals surface area contributed by atoms with E-state index >= 15 is 0 Å². The average molecular weight is 297 g/mol. The number of likely N-dealkylation sites (tertiary alicyclic amines) is 1. The zero-order valence-corrected chi connectivity index (χ0v) is 13.6. The van der Waals surface area contributed by atoms with E-state index in [1.54, 1.807) is 18.7 Å². The van der Waals surface area contributed by atoms with Crippen LogP contribution in [0.2, 0.25) is 0 Å². The number of nitrogens with one attached hydrogen (secondary N) is 2. The van der Waals surface area contributed by atoms with E-state index in [0.717, 1.165) is 0 Å². The monoisotopic (exact) mass is 297 g/mol. The lowest BCUT2D eigenvalue weighted by Gasteiger charge is -2.21. The van der Waals surface area contributed by atoms with Gasteiger partial charge >= 0.3 is 0 Å². The van der Waals surface area contributed by atoms with Crippen LogP contribution in [0.25, 0.3) is 0 Å². The van der Waals surface area contributed by atoms with Crippen LogP contribution in [0.15, 0.2) is 12.7 Å². The van der Waals surface area contributed by atoms with E-state index in [-0.39, 0.29) is 35.7 Å². The molecule has 1 heterocycles. The fraction of sp³-hybridized carbons (Fsp3) is 0.667. The Hall–Kier alpha value is -1.85. The average Bonchev–Trinajstić information content (AvgIpc) is 2.84. The van der Waals surface area contributed by atoms with Gasteiger partial charge in [0, 0.05) is 25.9 Å². The molecule has 0 aromatic carbocycles. The minimum atomic E-state index is -0.306. The molecule has 1 saturated heterocycles. The molecule has 2 N–H and O–H groups in total. The minimum Gasteiger partial charge on any atom is -0.349 e. The Balaban J connectivity index is 0.00000191. The molecule has 1 aliphatic rings. The van der Waals surface area contributed by atoms with Crippen LogP contribution in [-0.2, 0) is 14.4 Å². The van der Waals surface area contributed by atoms with Gasteiger partial charge < -0.3 is 15.5 Å². The molecule has 0 aliphatic carbocycles. The number of carbonyl (C=O) groups is 3. The summed E-state index contributed by atoms with van der Waals surface area (Å²) >= 11 is 0. The maximum atomic E-state index is 11.7. The molecule has 6 heteroatoms. The standard InChI is InChI=1S/C13H21N3O3.C2H6/c1-5-12(18)14-10-6-16(9(4)17)7-11(10)15-13(19)8(2)3;1-2/h5,8,10-11H,1,6-7H2,2-4H3,(H,14,18)(H,15,19);1-2H3. The predicted molar refractivity (Wildman–Crippen MR) is 82.5 cm³/mol. The maximum Gasteiger partial charge on any atom is 0.243 e. The van der Waals surface area contributed by atoms with Gasteiger partial charge in [0.05, 0.1) is 12.1 Å². The van der Waals surface area contributed by atoms with Gasteiger partial charge in [-0.05, 0) is 6.08 Å². The Labute approximate surface area is 127 Å². The highest BCUT2D eigenvalue weighted by molar-refractivity contribution is 5.87. The summed E-state index contributed by atoms with van der Waals surface area (Å²) in [6, 6.07) is -0.542. The Bertz CT molecular complexity index is 394. The summed E-state index contributed by atoms with van der Waals surface area (Å²) in [5, 5.41) is 5.60. The molecule has 3 amide bonds. The lowest BCUT2D eigenvalue weighted by Crippen LogP contribution is -2.51. The van der Waals surface area contributed by atoms with Gasteiger partial charge in [-0.3, -0.25) is 14.4 Å². The number of rotatable bonds is 4. The molecule has 21 heavy (non-hydrogen) atoms. The van der Waals surface area contributed by atoms with Gasteiger partial charge in [-0.1, -0.05) is 34.3 Å². The number of hydrogen-bond donors (Lipinski definition) is 2. The van der Waals surface area contributed by atoms with Gasteiger partial charge in [0.1, 0.15) is 0 Å². The van der Waals surface area contributed by atoms with Gasteiger partial charge in [0.15, 0.2) is 0 Å². The third kappa shape index (κ3) is 5.97. The van der Waals surface area contributed by atoms with Crippen molar-refractivity contribution in [3.05, 3.63) is 12.7 Å². The first kappa shape index (κ1) is 19.1. The first-order valence-electron chi connectivity index (χ1n) is 7.34. The molecule has 1 aliphatic heterocycles. The Morgan fingerprint density at radius 3 is 2.00 bits per heavy atom. The molecule has 6 nitrogen and oxygen atoms in total. The zero-order valence-electron chi connectivity index (χ0n) is 13.6. The van der Waals surface area contributed by atoms with Gasteiger partial charge in [-0.25, -0.2) is 0 Å². The summed E-state index contributed by atoms with van der Waals surface area (Å²) in [5.41, 5.74) is 0. The fourth-order valence-corrected chi connectivity index (χ4v) is 1.94. The van der Waals surface area contributed by atoms with Crippen molar-refractivity contribution >= 4 is 17.7 Å². The molecular weight excluding hydrogens is 270 g/mol. The second kappa shape index (κ2) is 9.15. The van der Waals surface area contributed by atoms with Crippen molar-refractivity contribution < 1.29 is 14.4 Å². The van der Waals surface area contributed by atoms with Gasteiger partial charge in [0.25, 0.3) is 0 Å². The lowest BCUT2D eigenvalue weighted by atomic mass is 10.1. The van der Waals surface area contributed by atoms with Crippen molar-refractivity contribution in [1.29, 1.82) is 0 Å². The summed E-state index contributed by atoms with van der Waals surface area (Å²) < 4.78 is 0. The number of nitrogens with zero attached hydrogens (tertiary/aromatic N) is 1. The summed E-state index contributed by atoms with van der Waals surface area (Å²) in [6.45, 7) is 13.3. The second-order valence-electron chi connectivity index (χ2n) is 5.01. The predicted octanol–water partition coefficient (Wildman–Crippen LogP) is 0.686. The quantitative estimate of drug-likeness (QED) is 0.749. The molecule has 0 radical (unpaired) electrons. The van der Waals surface area contributed by atoms with Crippen molar-refractivity contribution in [3.8, 4) is 0 Å². The number of hydrogen-bond acceptors (Lipinski definition) is 3. The Kier molecular flexibility index (Phi) is 8.35. The molecule has 0 aromatic heterocycles. The molecule has 1 fully saturated rings. The number of amides is 3. The second-order valence-corrected chi connectivity index (χ2v) is 5.01. The van der Waals surface area contributed by atoms with Gasteiger partial charge in [-0.15, -0.1) is 0 Å². The first-order chi connectivity index (χ1) is 9.85. The third-order valence-corrected chi connectivity index (χ3v) is 3.13. The molecule has 0 bridgehead atoms. The molecule has 0 aromatic rings. The van der Waals surface area contributed by atoms with E-state index in [9.17, 15) is 14.4 Å². The van der Waals surface area contributed by atoms with Crippen molar-refractivity contribution in [1.82, 2.24) is 15.5 Å². The minimum absolute atomic E-state index is 0.0702. The zero-order chi connectivity index (χ0) is 16.6. The maximum absolute atomic E-state index is 11.7. The summed E-state index contributed by atoms with van der Waals surface area (Å²) in [5.74, 6) is -0.603. The molecular formula is C15H27N3O3. The SMILES string of the molecule is C=CC(=O)NC1CN(C(C)=O)CC1NC(=O)C(C)C.CC. The lowest BCUT2D eigenvalue weighted by molar-refractivity contribution is -0.128. The summed E-state index contributed by atoms with van der Waals surface area (Å²) in [6.07, 6.45) is 1.18. The van der Waals surface area contributed by atoms with Crippen LogP contribution in [0, 0.1) is 5.92 Å². The van der Waals surface area contributed by atoms with E-state index < -0.39 is 0 Å². The van der Waals surface area contributed by atoms with E-state index in [4.69, 9.17) is 0 Å². The van der Waals surface area contributed by atoms with Crippen LogP contribution in [0.5, 0.6) is 0 Å². The molecule has 0 spiro atoms. The van der Waals surface area contributed by atoms with Gasteiger partial charge in [0.2, 0.25) is 17.7 Å². The topological polar surface area (TPSA) is 78.5 Å². The van der Waals surface area contributed by atoms with Crippen LogP contribution in [0.1, 0.15) is 34.6 Å². The molecule has 1 rings (SSSR count).